The second-order valence-corrected chi connectivity index (χ2v) is 4.20. The first kappa shape index (κ1) is 16.4. The van der Waals surface area contributed by atoms with Crippen molar-refractivity contribution in [2.24, 2.45) is 0 Å². The predicted molar refractivity (Wildman–Crippen MR) is 69.8 cm³/mol. The summed E-state index contributed by atoms with van der Waals surface area (Å²) >= 11 is 0. The Hall–Kier alpha value is -1.62. The van der Waals surface area contributed by atoms with E-state index in [1.807, 2.05) is 0 Å². The molecular formula is C15H12NNaO3. The zero-order valence-corrected chi connectivity index (χ0v) is 13.3. The van der Waals surface area contributed by atoms with Gasteiger partial charge in [0.2, 0.25) is 0 Å². The van der Waals surface area contributed by atoms with Gasteiger partial charge in [-0.15, -0.1) is 0 Å². The van der Waals surface area contributed by atoms with E-state index in [1.165, 1.54) is 6.07 Å². The predicted octanol–water partition coefficient (Wildman–Crippen LogP) is -1.82. The van der Waals surface area contributed by atoms with Crippen molar-refractivity contribution in [1.82, 2.24) is 0 Å². The van der Waals surface area contributed by atoms with E-state index < -0.39 is 5.97 Å². The molecule has 2 N–H and O–H groups in total. The molecule has 2 aromatic carbocycles. The summed E-state index contributed by atoms with van der Waals surface area (Å²) in [7, 11) is 0. The quantitative estimate of drug-likeness (QED) is 0.406. The number of aryl methyl sites for hydroxylation is 1. The van der Waals surface area contributed by atoms with Crippen LogP contribution in [0.1, 0.15) is 31.8 Å². The molecule has 0 aromatic heterocycles. The van der Waals surface area contributed by atoms with E-state index in [4.69, 9.17) is 5.73 Å². The van der Waals surface area contributed by atoms with Gasteiger partial charge in [-0.05, 0) is 12.5 Å². The zero-order chi connectivity index (χ0) is 14.0. The molecule has 5 heteroatoms. The molecule has 0 radical (unpaired) electrons. The molecule has 2 aromatic rings. The van der Waals surface area contributed by atoms with Gasteiger partial charge in [0.05, 0.1) is 11.7 Å². The summed E-state index contributed by atoms with van der Waals surface area (Å²) in [6.45, 7) is 1.71. The number of ketones is 1. The summed E-state index contributed by atoms with van der Waals surface area (Å²) in [4.78, 5) is 23.3. The maximum absolute atomic E-state index is 12.4. The molecule has 0 aliphatic rings. The monoisotopic (exact) mass is 277 g/mol. The van der Waals surface area contributed by atoms with Crippen molar-refractivity contribution in [2.75, 3.05) is 5.73 Å². The Labute approximate surface area is 138 Å². The summed E-state index contributed by atoms with van der Waals surface area (Å²) in [5.74, 6) is -1.68. The summed E-state index contributed by atoms with van der Waals surface area (Å²) in [5.41, 5.74) is 6.89. The molecule has 0 spiro atoms. The van der Waals surface area contributed by atoms with E-state index in [-0.39, 0.29) is 52.2 Å². The number of nitrogens with two attached hydrogens (primary N) is 1. The number of aromatic carboxylic acids is 1. The Balaban J connectivity index is 0.00000200. The molecule has 0 aliphatic carbocycles. The fourth-order valence-electron chi connectivity index (χ4n) is 1.94. The van der Waals surface area contributed by atoms with Gasteiger partial charge in [-0.1, -0.05) is 42.5 Å². The van der Waals surface area contributed by atoms with E-state index >= 15 is 0 Å². The molecule has 0 saturated carbocycles. The van der Waals surface area contributed by atoms with Crippen molar-refractivity contribution in [3.8, 4) is 0 Å². The van der Waals surface area contributed by atoms with Gasteiger partial charge in [-0.25, -0.2) is 0 Å². The first-order chi connectivity index (χ1) is 9.02. The Kier molecular flexibility index (Phi) is 5.51. The number of nitrogen functional groups attached to an aromatic ring is 1. The standard InChI is InChI=1S/C15H13NO3.Na/c1-9-7-8-11(15(18)19)13(16)12(9)14(17)10-5-3-2-4-6-10;/h2-8H,16H2,1H3,(H,18,19);/q;+1/p-1. The van der Waals surface area contributed by atoms with Crippen LogP contribution in [0.2, 0.25) is 0 Å². The van der Waals surface area contributed by atoms with Gasteiger partial charge in [-0.3, -0.25) is 4.79 Å². The summed E-state index contributed by atoms with van der Waals surface area (Å²) < 4.78 is 0. The van der Waals surface area contributed by atoms with Gasteiger partial charge in [-0.2, -0.15) is 0 Å². The number of carboxylic acid groups (broad SMARTS) is 1. The maximum atomic E-state index is 12.4. The third-order valence-corrected chi connectivity index (χ3v) is 2.94. The molecule has 4 nitrogen and oxygen atoms in total. The molecule has 0 bridgehead atoms. The Morgan fingerprint density at radius 1 is 1.05 bits per heavy atom. The van der Waals surface area contributed by atoms with Crippen molar-refractivity contribution in [1.29, 1.82) is 0 Å². The van der Waals surface area contributed by atoms with Crippen LogP contribution >= 0.6 is 0 Å². The molecule has 0 amide bonds. The van der Waals surface area contributed by atoms with E-state index in [9.17, 15) is 14.7 Å². The second-order valence-electron chi connectivity index (χ2n) is 4.20. The van der Waals surface area contributed by atoms with Crippen LogP contribution in [0.3, 0.4) is 0 Å². The molecule has 96 valence electrons. The smallest absolute Gasteiger partial charge is 0.545 e. The number of rotatable bonds is 3. The second kappa shape index (κ2) is 6.70. The van der Waals surface area contributed by atoms with Gasteiger partial charge in [0, 0.05) is 16.7 Å². The van der Waals surface area contributed by atoms with Gasteiger partial charge < -0.3 is 15.6 Å². The summed E-state index contributed by atoms with van der Waals surface area (Å²) in [6, 6.07) is 11.5. The van der Waals surface area contributed by atoms with Crippen molar-refractivity contribution >= 4 is 17.4 Å². The third-order valence-electron chi connectivity index (χ3n) is 2.94. The fourth-order valence-corrected chi connectivity index (χ4v) is 1.94. The van der Waals surface area contributed by atoms with Crippen LogP contribution in [0, 0.1) is 6.92 Å². The number of anilines is 1. The minimum Gasteiger partial charge on any atom is -0.545 e. The average molecular weight is 277 g/mol. The molecule has 0 aliphatic heterocycles. The summed E-state index contributed by atoms with van der Waals surface area (Å²) in [6.07, 6.45) is 0. The number of carbonyl (C=O) groups is 2. The zero-order valence-electron chi connectivity index (χ0n) is 11.3. The minimum atomic E-state index is -1.39. The van der Waals surface area contributed by atoms with Crippen LogP contribution in [0.4, 0.5) is 5.69 Å². The van der Waals surface area contributed by atoms with Crippen LogP contribution in [-0.2, 0) is 0 Å². The summed E-state index contributed by atoms with van der Waals surface area (Å²) in [5, 5.41) is 10.9. The van der Waals surface area contributed by atoms with Crippen molar-refractivity contribution in [3.05, 3.63) is 64.7 Å². The molecule has 0 saturated heterocycles. The molecule has 0 heterocycles. The van der Waals surface area contributed by atoms with Gasteiger partial charge in [0.15, 0.2) is 5.78 Å². The molecular weight excluding hydrogens is 265 g/mol. The first-order valence-corrected chi connectivity index (χ1v) is 5.72. The van der Waals surface area contributed by atoms with Crippen molar-refractivity contribution in [3.63, 3.8) is 0 Å². The van der Waals surface area contributed by atoms with Crippen molar-refractivity contribution < 1.29 is 44.3 Å². The minimum absolute atomic E-state index is 0. The van der Waals surface area contributed by atoms with Gasteiger partial charge >= 0.3 is 29.6 Å². The van der Waals surface area contributed by atoms with Crippen LogP contribution in [0.25, 0.3) is 0 Å². The maximum Gasteiger partial charge on any atom is 1.00 e. The number of hydrogen-bond donors (Lipinski definition) is 1. The Morgan fingerprint density at radius 2 is 1.65 bits per heavy atom. The van der Waals surface area contributed by atoms with Crippen LogP contribution in [0.15, 0.2) is 42.5 Å². The van der Waals surface area contributed by atoms with E-state index in [0.717, 1.165) is 0 Å². The average Bonchev–Trinajstić information content (AvgIpc) is 2.39. The molecule has 0 fully saturated rings. The van der Waals surface area contributed by atoms with Crippen LogP contribution < -0.4 is 40.4 Å². The first-order valence-electron chi connectivity index (χ1n) is 5.72. The molecule has 0 atom stereocenters. The topological polar surface area (TPSA) is 83.2 Å². The number of benzene rings is 2. The van der Waals surface area contributed by atoms with Crippen molar-refractivity contribution in [2.45, 2.75) is 6.92 Å². The Bertz CT molecular complexity index is 654. The fraction of sp³-hybridized carbons (Fsp3) is 0.0667. The third kappa shape index (κ3) is 3.10. The van der Waals surface area contributed by atoms with Gasteiger partial charge in [0.1, 0.15) is 0 Å². The SMILES string of the molecule is Cc1ccc(C(=O)[O-])c(N)c1C(=O)c1ccccc1.[Na+]. The van der Waals surface area contributed by atoms with E-state index in [2.05, 4.69) is 0 Å². The van der Waals surface area contributed by atoms with Crippen LogP contribution in [0.5, 0.6) is 0 Å². The largest absolute Gasteiger partial charge is 1.00 e. The molecule has 0 unspecified atom stereocenters. The van der Waals surface area contributed by atoms with E-state index in [0.29, 0.717) is 11.1 Å². The Morgan fingerprint density at radius 3 is 2.20 bits per heavy atom. The van der Waals surface area contributed by atoms with Crippen LogP contribution in [-0.4, -0.2) is 11.8 Å². The van der Waals surface area contributed by atoms with Gasteiger partial charge in [0.25, 0.3) is 0 Å². The molecule has 20 heavy (non-hydrogen) atoms. The molecule has 2 rings (SSSR count). The number of carboxylic acids is 1. The van der Waals surface area contributed by atoms with E-state index in [1.54, 1.807) is 43.3 Å². The number of carbonyl (C=O) groups excluding carboxylic acids is 2. The normalized spacial score (nSPS) is 9.65. The number of hydrogen-bond acceptors (Lipinski definition) is 4.